The number of carbonyl (C=O) groups excluding carboxylic acids is 5. The van der Waals surface area contributed by atoms with Crippen molar-refractivity contribution in [1.29, 1.82) is 0 Å². The van der Waals surface area contributed by atoms with Crippen LogP contribution in [0.3, 0.4) is 0 Å². The average Bonchev–Trinajstić information content (AvgIpc) is 3.43. The quantitative estimate of drug-likeness (QED) is 0.119. The van der Waals surface area contributed by atoms with Crippen LogP contribution < -0.4 is 21.5 Å². The number of nitrogens with zero attached hydrogens (tertiary/aromatic N) is 2. The Balaban J connectivity index is 1.17. The van der Waals surface area contributed by atoms with Gasteiger partial charge in [-0.15, -0.1) is 0 Å². The molecule has 4 heterocycles. The fourth-order valence-corrected chi connectivity index (χ4v) is 6.29. The van der Waals surface area contributed by atoms with Gasteiger partial charge in [-0.25, -0.2) is 9.78 Å². The van der Waals surface area contributed by atoms with Gasteiger partial charge >= 0.3 is 11.9 Å². The molecule has 1 aromatic carbocycles. The predicted molar refractivity (Wildman–Crippen MR) is 176 cm³/mol. The zero-order valence-electron chi connectivity index (χ0n) is 27.5. The van der Waals surface area contributed by atoms with Crippen LogP contribution in [-0.4, -0.2) is 71.7 Å². The topological polar surface area (TPSA) is 175 Å². The maximum Gasteiger partial charge on any atom is 0.355 e. The Hall–Kier alpha value is -4.75. The van der Waals surface area contributed by atoms with Gasteiger partial charge in [-0.1, -0.05) is 31.5 Å². The molecule has 13 nitrogen and oxygen atoms in total. The average molecular weight is 660 g/mol. The van der Waals surface area contributed by atoms with E-state index in [4.69, 9.17) is 14.5 Å². The van der Waals surface area contributed by atoms with Gasteiger partial charge in [0.15, 0.2) is 0 Å². The number of carbonyl (C=O) groups is 5. The van der Waals surface area contributed by atoms with E-state index >= 15 is 0 Å². The van der Waals surface area contributed by atoms with Crippen molar-refractivity contribution in [3.05, 3.63) is 63.4 Å². The summed E-state index contributed by atoms with van der Waals surface area (Å²) in [5.41, 5.74) is 0.995. The summed E-state index contributed by atoms with van der Waals surface area (Å²) in [6.45, 7) is 3.44. The largest absolute Gasteiger partial charge is 0.457 e. The molecule has 0 radical (unpaired) electrons. The van der Waals surface area contributed by atoms with Gasteiger partial charge in [-0.3, -0.25) is 24.0 Å². The van der Waals surface area contributed by atoms with Gasteiger partial charge in [0.05, 0.1) is 41.6 Å². The first-order valence-electron chi connectivity index (χ1n) is 16.3. The van der Waals surface area contributed by atoms with Crippen LogP contribution in [0.2, 0.25) is 0 Å². The minimum atomic E-state index is -1.88. The summed E-state index contributed by atoms with van der Waals surface area (Å²) in [5.74, 6) is -2.27. The first kappa shape index (κ1) is 34.6. The number of unbranched alkanes of at least 4 members (excludes halogenated alkanes) is 1. The number of hydrogen-bond donors (Lipinski definition) is 3. The van der Waals surface area contributed by atoms with E-state index in [-0.39, 0.29) is 66.7 Å². The molecule has 2 aliphatic heterocycles. The van der Waals surface area contributed by atoms with Crippen LogP contribution in [0, 0.1) is 0 Å². The van der Waals surface area contributed by atoms with Crippen molar-refractivity contribution in [2.45, 2.75) is 77.2 Å². The third-order valence-corrected chi connectivity index (χ3v) is 8.99. The highest BCUT2D eigenvalue weighted by molar-refractivity contribution is 5.90. The Morgan fingerprint density at radius 3 is 2.62 bits per heavy atom. The molecule has 0 spiro atoms. The molecular weight excluding hydrogens is 618 g/mol. The first-order chi connectivity index (χ1) is 23.1. The molecule has 13 heteroatoms. The van der Waals surface area contributed by atoms with Gasteiger partial charge in [0.2, 0.25) is 11.5 Å². The van der Waals surface area contributed by atoms with E-state index in [0.29, 0.717) is 24.5 Å². The highest BCUT2D eigenvalue weighted by Crippen LogP contribution is 2.40. The second-order valence-electron chi connectivity index (χ2n) is 12.2. The summed E-state index contributed by atoms with van der Waals surface area (Å²) in [7, 11) is 1.75. The van der Waals surface area contributed by atoms with Crippen molar-refractivity contribution in [3.8, 4) is 11.4 Å². The number of para-hydroxylation sites is 1. The lowest BCUT2D eigenvalue weighted by atomic mass is 9.85. The molecule has 3 N–H and O–H groups in total. The van der Waals surface area contributed by atoms with Gasteiger partial charge in [0, 0.05) is 29.4 Å². The number of ether oxygens (including phenoxy) is 2. The fraction of sp³-hybridized carbons (Fsp3) is 0.457. The standard InChI is InChI=1S/C35H41N5O8/c1-4-35(48-31(44)18-38-30(43)13-12-24(42)17-37-14-8-7-10-27(36-3)21(2)41)26-16-29-32-23(15-22-9-5-6-11-28(22)39-32)19-40(29)33(45)25(26)20-47-34(35)46/h5-6,9,11,15-16,27,36-37H,4,7-8,10,12-14,17-20H2,1-3H3,(H,38,43)/t27-,35?/m1/s1. The zero-order chi connectivity index (χ0) is 34.4. The molecule has 0 bridgehead atoms. The number of aromatic nitrogens is 2. The molecule has 5 rings (SSSR count). The number of nitrogens with one attached hydrogen (secondary N) is 3. The van der Waals surface area contributed by atoms with Crippen molar-refractivity contribution < 1.29 is 33.4 Å². The van der Waals surface area contributed by atoms with Gasteiger partial charge in [0.25, 0.3) is 5.56 Å². The Labute approximate surface area is 277 Å². The molecule has 0 saturated carbocycles. The van der Waals surface area contributed by atoms with Crippen LogP contribution in [-0.2, 0) is 52.2 Å². The number of cyclic esters (lactones) is 1. The van der Waals surface area contributed by atoms with Crippen LogP contribution in [0.25, 0.3) is 22.3 Å². The Morgan fingerprint density at radius 1 is 1.08 bits per heavy atom. The number of benzene rings is 1. The molecule has 1 amide bonds. The van der Waals surface area contributed by atoms with Crippen molar-refractivity contribution in [2.75, 3.05) is 26.7 Å². The smallest absolute Gasteiger partial charge is 0.355 e. The molecule has 2 aliphatic rings. The summed E-state index contributed by atoms with van der Waals surface area (Å²) in [5, 5.41) is 9.42. The molecule has 0 aliphatic carbocycles. The van der Waals surface area contributed by atoms with E-state index in [9.17, 15) is 28.8 Å². The van der Waals surface area contributed by atoms with E-state index < -0.39 is 30.0 Å². The van der Waals surface area contributed by atoms with E-state index in [1.165, 1.54) is 0 Å². The lowest BCUT2D eigenvalue weighted by molar-refractivity contribution is -0.189. The van der Waals surface area contributed by atoms with Crippen molar-refractivity contribution >= 4 is 40.3 Å². The fourth-order valence-electron chi connectivity index (χ4n) is 6.29. The third-order valence-electron chi connectivity index (χ3n) is 8.99. The molecule has 1 unspecified atom stereocenters. The van der Waals surface area contributed by atoms with Gasteiger partial charge < -0.3 is 30.0 Å². The number of rotatable bonds is 16. The van der Waals surface area contributed by atoms with E-state index in [0.717, 1.165) is 35.7 Å². The summed E-state index contributed by atoms with van der Waals surface area (Å²) < 4.78 is 12.7. The molecular formula is C35H41N5O8. The van der Waals surface area contributed by atoms with Gasteiger partial charge in [-0.2, -0.15) is 0 Å². The lowest BCUT2D eigenvalue weighted by Gasteiger charge is -2.35. The molecule has 48 heavy (non-hydrogen) atoms. The molecule has 3 aromatic rings. The highest BCUT2D eigenvalue weighted by atomic mass is 16.6. The van der Waals surface area contributed by atoms with Crippen molar-refractivity contribution in [1.82, 2.24) is 25.5 Å². The molecule has 2 atom stereocenters. The molecule has 0 saturated heterocycles. The summed E-state index contributed by atoms with van der Waals surface area (Å²) in [6.07, 6.45) is 2.21. The Bertz CT molecular complexity index is 1820. The first-order valence-corrected chi connectivity index (χ1v) is 16.3. The normalized spacial score (nSPS) is 16.8. The number of fused-ring (bicyclic) bond motifs is 5. The van der Waals surface area contributed by atoms with Crippen molar-refractivity contribution in [2.24, 2.45) is 0 Å². The van der Waals surface area contributed by atoms with E-state index in [2.05, 4.69) is 16.0 Å². The lowest BCUT2D eigenvalue weighted by Crippen LogP contribution is -2.48. The molecule has 0 fully saturated rings. The number of pyridine rings is 2. The van der Waals surface area contributed by atoms with Gasteiger partial charge in [0.1, 0.15) is 24.7 Å². The minimum absolute atomic E-state index is 0.00623. The van der Waals surface area contributed by atoms with Crippen LogP contribution in [0.4, 0.5) is 0 Å². The summed E-state index contributed by atoms with van der Waals surface area (Å²) >= 11 is 0. The number of Topliss-reactive ketones (excluding diaryl/α,β-unsaturated/α-hetero) is 2. The van der Waals surface area contributed by atoms with Gasteiger partial charge in [-0.05, 0) is 58.0 Å². The second-order valence-corrected chi connectivity index (χ2v) is 12.2. The Kier molecular flexibility index (Phi) is 10.8. The molecule has 254 valence electrons. The van der Waals surface area contributed by atoms with Crippen LogP contribution in [0.5, 0.6) is 0 Å². The summed E-state index contributed by atoms with van der Waals surface area (Å²) in [6, 6.07) is 11.1. The van der Waals surface area contributed by atoms with Crippen LogP contribution in [0.1, 0.15) is 69.1 Å². The zero-order valence-corrected chi connectivity index (χ0v) is 27.5. The maximum atomic E-state index is 13.7. The minimum Gasteiger partial charge on any atom is -0.457 e. The number of ketones is 2. The SMILES string of the molecule is CCC1(OC(=O)CNC(=O)CCC(=O)CNCCCC[C@@H](NC)C(C)=O)C(=O)OCc2c1cc1n(c2=O)Cc2cc3ccccc3nc2-1. The predicted octanol–water partition coefficient (Wildman–Crippen LogP) is 2.03. The maximum absolute atomic E-state index is 13.7. The molecule has 2 aromatic heterocycles. The number of hydrogen-bond acceptors (Lipinski definition) is 11. The summed E-state index contributed by atoms with van der Waals surface area (Å²) in [4.78, 5) is 80.9. The van der Waals surface area contributed by atoms with Crippen molar-refractivity contribution in [3.63, 3.8) is 0 Å². The number of esters is 2. The monoisotopic (exact) mass is 659 g/mol. The highest BCUT2D eigenvalue weighted by Gasteiger charge is 2.50. The number of amides is 1. The van der Waals surface area contributed by atoms with Crippen LogP contribution >= 0.6 is 0 Å². The van der Waals surface area contributed by atoms with Crippen LogP contribution in [0.15, 0.2) is 41.2 Å². The van der Waals surface area contributed by atoms with E-state index in [1.54, 1.807) is 31.5 Å². The number of likely N-dealkylation sites (N-methyl/N-ethyl adjacent to an activating group) is 1. The Morgan fingerprint density at radius 2 is 1.88 bits per heavy atom. The third kappa shape index (κ3) is 7.21. The van der Waals surface area contributed by atoms with E-state index in [1.807, 2.05) is 30.3 Å². The second kappa shape index (κ2) is 15.0.